The van der Waals surface area contributed by atoms with Crippen LogP contribution in [0.15, 0.2) is 30.1 Å². The van der Waals surface area contributed by atoms with Gasteiger partial charge in [0.2, 0.25) is 0 Å². The van der Waals surface area contributed by atoms with Crippen LogP contribution >= 0.6 is 0 Å². The lowest BCUT2D eigenvalue weighted by Crippen LogP contribution is -2.41. The van der Waals surface area contributed by atoms with E-state index in [0.717, 1.165) is 18.2 Å². The molecule has 138 valence electrons. The van der Waals surface area contributed by atoms with Crippen molar-refractivity contribution in [1.29, 1.82) is 0 Å². The number of nitrogens with zero attached hydrogens (tertiary/aromatic N) is 3. The predicted octanol–water partition coefficient (Wildman–Crippen LogP) is 3.55. The van der Waals surface area contributed by atoms with Crippen molar-refractivity contribution in [3.63, 3.8) is 0 Å². The topological polar surface area (TPSA) is 49.2 Å². The first-order valence-corrected chi connectivity index (χ1v) is 8.14. The van der Waals surface area contributed by atoms with E-state index < -0.39 is 35.7 Å². The molecule has 0 spiro atoms. The molecular formula is C17H19BF3N3O2. The minimum atomic E-state index is -1.13. The van der Waals surface area contributed by atoms with E-state index in [1.165, 1.54) is 16.9 Å². The lowest BCUT2D eigenvalue weighted by molar-refractivity contribution is 0.00578. The molecule has 0 N–H and O–H groups in total. The van der Waals surface area contributed by atoms with Gasteiger partial charge < -0.3 is 9.31 Å². The molecule has 1 aliphatic rings. The molecule has 5 nitrogen and oxygen atoms in total. The summed E-state index contributed by atoms with van der Waals surface area (Å²) < 4.78 is 53.7. The Balaban J connectivity index is 1.73. The van der Waals surface area contributed by atoms with E-state index in [4.69, 9.17) is 9.31 Å². The predicted molar refractivity (Wildman–Crippen MR) is 90.6 cm³/mol. The summed E-state index contributed by atoms with van der Waals surface area (Å²) in [6, 6.07) is 3.28. The molecule has 0 radical (unpaired) electrons. The van der Waals surface area contributed by atoms with E-state index in [0.29, 0.717) is 0 Å². The highest BCUT2D eigenvalue weighted by atomic mass is 19.1. The summed E-state index contributed by atoms with van der Waals surface area (Å²) in [5, 5.41) is 7.66. The van der Waals surface area contributed by atoms with E-state index in [1.807, 2.05) is 27.7 Å². The van der Waals surface area contributed by atoms with E-state index in [9.17, 15) is 13.2 Å². The Bertz CT molecular complexity index is 836. The largest absolute Gasteiger partial charge is 0.525 e. The van der Waals surface area contributed by atoms with Crippen LogP contribution < -0.4 is 0 Å². The van der Waals surface area contributed by atoms with Crippen molar-refractivity contribution in [3.8, 4) is 0 Å². The lowest BCUT2D eigenvalue weighted by Gasteiger charge is -2.32. The summed E-state index contributed by atoms with van der Waals surface area (Å²) in [4.78, 5) is 0. The summed E-state index contributed by atoms with van der Waals surface area (Å²) in [5.74, 6) is -1.33. The average Bonchev–Trinajstić information content (AvgIpc) is 3.04. The summed E-state index contributed by atoms with van der Waals surface area (Å²) in [6.45, 7) is 7.36. The van der Waals surface area contributed by atoms with Crippen LogP contribution in [0.1, 0.15) is 39.0 Å². The monoisotopic (exact) mass is 365 g/mol. The molecule has 0 atom stereocenters. The SMILES string of the molecule is CC1(C)OB(C(F)=Cc2cn(Cc3ccc(F)cc3F)nn2)OC1(C)C. The Labute approximate surface area is 149 Å². The minimum absolute atomic E-state index is 0.0467. The average molecular weight is 365 g/mol. The molecule has 2 heterocycles. The molecular weight excluding hydrogens is 346 g/mol. The Kier molecular flexibility index (Phi) is 4.70. The van der Waals surface area contributed by atoms with Crippen LogP contribution in [0.2, 0.25) is 0 Å². The fourth-order valence-electron chi connectivity index (χ4n) is 2.45. The van der Waals surface area contributed by atoms with Crippen LogP contribution in [0, 0.1) is 11.6 Å². The zero-order valence-corrected chi connectivity index (χ0v) is 15.0. The molecule has 0 aliphatic carbocycles. The van der Waals surface area contributed by atoms with Gasteiger partial charge in [0.1, 0.15) is 23.1 Å². The minimum Gasteiger partial charge on any atom is -0.398 e. The highest BCUT2D eigenvalue weighted by Crippen LogP contribution is 2.38. The van der Waals surface area contributed by atoms with Gasteiger partial charge in [-0.15, -0.1) is 5.10 Å². The van der Waals surface area contributed by atoms with Crippen LogP contribution in [0.3, 0.4) is 0 Å². The lowest BCUT2D eigenvalue weighted by atomic mass is 9.87. The van der Waals surface area contributed by atoms with Gasteiger partial charge in [0.25, 0.3) is 0 Å². The first-order chi connectivity index (χ1) is 12.1. The summed E-state index contributed by atoms with van der Waals surface area (Å²) in [5.41, 5.74) is -1.46. The molecule has 26 heavy (non-hydrogen) atoms. The first-order valence-electron chi connectivity index (χ1n) is 8.14. The molecule has 3 rings (SSSR count). The van der Waals surface area contributed by atoms with Gasteiger partial charge in [-0.1, -0.05) is 11.3 Å². The van der Waals surface area contributed by atoms with Crippen LogP contribution in [0.5, 0.6) is 0 Å². The number of benzene rings is 1. The van der Waals surface area contributed by atoms with E-state index >= 15 is 0 Å². The molecule has 0 saturated carbocycles. The van der Waals surface area contributed by atoms with Gasteiger partial charge in [-0.25, -0.2) is 17.9 Å². The molecule has 1 aromatic carbocycles. The molecule has 9 heteroatoms. The van der Waals surface area contributed by atoms with Crippen LogP contribution in [-0.2, 0) is 15.9 Å². The van der Waals surface area contributed by atoms with Crippen molar-refractivity contribution >= 4 is 13.2 Å². The van der Waals surface area contributed by atoms with Gasteiger partial charge >= 0.3 is 7.12 Å². The van der Waals surface area contributed by atoms with Crippen molar-refractivity contribution in [3.05, 3.63) is 53.0 Å². The van der Waals surface area contributed by atoms with E-state index in [2.05, 4.69) is 10.3 Å². The molecule has 0 amide bonds. The van der Waals surface area contributed by atoms with Gasteiger partial charge in [0.05, 0.1) is 23.9 Å². The molecule has 0 unspecified atom stereocenters. The molecule has 0 bridgehead atoms. The van der Waals surface area contributed by atoms with Crippen molar-refractivity contribution in [2.45, 2.75) is 45.4 Å². The number of aromatic nitrogens is 3. The molecule has 1 saturated heterocycles. The van der Waals surface area contributed by atoms with Crippen LogP contribution in [0.4, 0.5) is 13.2 Å². The second-order valence-corrected chi connectivity index (χ2v) is 7.19. The quantitative estimate of drug-likeness (QED) is 0.778. The van der Waals surface area contributed by atoms with Gasteiger partial charge in [0, 0.05) is 11.6 Å². The number of halogens is 3. The molecule has 2 aromatic rings. The maximum absolute atomic E-state index is 14.5. The second-order valence-electron chi connectivity index (χ2n) is 7.19. The second kappa shape index (κ2) is 6.55. The first kappa shape index (κ1) is 18.7. The fraction of sp³-hybridized carbons (Fsp3) is 0.412. The third-order valence-corrected chi connectivity index (χ3v) is 4.67. The summed E-state index contributed by atoms with van der Waals surface area (Å²) >= 11 is 0. The van der Waals surface area contributed by atoms with Gasteiger partial charge in [0.15, 0.2) is 0 Å². The Hall–Kier alpha value is -2.13. The number of hydrogen-bond donors (Lipinski definition) is 0. The normalized spacial score (nSPS) is 19.2. The third-order valence-electron chi connectivity index (χ3n) is 4.67. The fourth-order valence-corrected chi connectivity index (χ4v) is 2.45. The van der Waals surface area contributed by atoms with Crippen molar-refractivity contribution in [2.24, 2.45) is 0 Å². The van der Waals surface area contributed by atoms with Crippen LogP contribution in [-0.4, -0.2) is 33.3 Å². The van der Waals surface area contributed by atoms with Crippen molar-refractivity contribution in [1.82, 2.24) is 15.0 Å². The van der Waals surface area contributed by atoms with Crippen molar-refractivity contribution < 1.29 is 22.5 Å². The number of rotatable bonds is 4. The van der Waals surface area contributed by atoms with Crippen LogP contribution in [0.25, 0.3) is 6.08 Å². The Morgan fingerprint density at radius 1 is 1.19 bits per heavy atom. The molecule has 1 fully saturated rings. The third kappa shape index (κ3) is 3.68. The van der Waals surface area contributed by atoms with Gasteiger partial charge in [-0.2, -0.15) is 0 Å². The standard InChI is InChI=1S/C17H19BF3N3O2/c1-16(2)17(3,4)26-18(25-16)15(21)8-13-10-24(23-22-13)9-11-5-6-12(19)7-14(11)20/h5-8,10H,9H2,1-4H3. The van der Waals surface area contributed by atoms with Gasteiger partial charge in [-0.05, 0) is 39.8 Å². The maximum atomic E-state index is 14.5. The highest BCUT2D eigenvalue weighted by Gasteiger charge is 2.53. The highest BCUT2D eigenvalue weighted by molar-refractivity contribution is 6.54. The number of hydrogen-bond acceptors (Lipinski definition) is 4. The van der Waals surface area contributed by atoms with Crippen molar-refractivity contribution in [2.75, 3.05) is 0 Å². The maximum Gasteiger partial charge on any atom is 0.525 e. The van der Waals surface area contributed by atoms with E-state index in [-0.39, 0.29) is 17.8 Å². The molecule has 1 aliphatic heterocycles. The summed E-state index contributed by atoms with van der Waals surface area (Å²) in [6.07, 6.45) is 2.61. The Morgan fingerprint density at radius 3 is 2.46 bits per heavy atom. The summed E-state index contributed by atoms with van der Waals surface area (Å²) in [7, 11) is -1.13. The molecule has 1 aromatic heterocycles. The zero-order chi connectivity index (χ0) is 19.1. The smallest absolute Gasteiger partial charge is 0.398 e. The Morgan fingerprint density at radius 2 is 1.85 bits per heavy atom. The zero-order valence-electron chi connectivity index (χ0n) is 15.0. The van der Waals surface area contributed by atoms with E-state index in [1.54, 1.807) is 0 Å². The van der Waals surface area contributed by atoms with Gasteiger partial charge in [-0.3, -0.25) is 0 Å².